The number of aryl methyl sites for hydroxylation is 1. The second-order valence-corrected chi connectivity index (χ2v) is 15.6. The lowest BCUT2D eigenvalue weighted by molar-refractivity contribution is -0.172. The van der Waals surface area contributed by atoms with E-state index in [1.54, 1.807) is 29.7 Å². The van der Waals surface area contributed by atoms with Crippen LogP contribution in [-0.2, 0) is 50.9 Å². The number of rotatable bonds is 16. The van der Waals surface area contributed by atoms with E-state index in [2.05, 4.69) is 28.2 Å². The zero-order chi connectivity index (χ0) is 41.9. The number of guanidine groups is 1. The minimum atomic E-state index is -1.89. The van der Waals surface area contributed by atoms with Gasteiger partial charge in [-0.1, -0.05) is 53.7 Å². The average molecular weight is 795 g/mol. The van der Waals surface area contributed by atoms with Gasteiger partial charge in [-0.2, -0.15) is 0 Å². The zero-order valence-corrected chi connectivity index (χ0v) is 34.0. The molecule has 15 heteroatoms. The van der Waals surface area contributed by atoms with Crippen LogP contribution in [0.25, 0.3) is 22.3 Å². The number of nitrogens with zero attached hydrogens (tertiary/aromatic N) is 2. The van der Waals surface area contributed by atoms with Crippen LogP contribution in [0.1, 0.15) is 88.6 Å². The maximum Gasteiger partial charge on any atom is 0.343 e. The monoisotopic (exact) mass is 794 g/mol. The molecule has 2 aromatic heterocycles. The maximum absolute atomic E-state index is 13.7. The highest BCUT2D eigenvalue weighted by Crippen LogP contribution is 2.41. The predicted molar refractivity (Wildman–Crippen MR) is 221 cm³/mol. The summed E-state index contributed by atoms with van der Waals surface area (Å²) in [5, 5.41) is 31.4. The van der Waals surface area contributed by atoms with Crippen molar-refractivity contribution in [1.82, 2.24) is 25.5 Å². The molecule has 6 rings (SSSR count). The van der Waals surface area contributed by atoms with Crippen molar-refractivity contribution in [2.45, 2.75) is 111 Å². The summed E-state index contributed by atoms with van der Waals surface area (Å²) in [6.07, 6.45) is 1.59. The Morgan fingerprint density at radius 3 is 2.45 bits per heavy atom. The van der Waals surface area contributed by atoms with Gasteiger partial charge >= 0.3 is 5.97 Å². The fraction of sp³-hybridized carbons (Fsp3) is 0.442. The summed E-state index contributed by atoms with van der Waals surface area (Å²) in [7, 11) is 0. The number of aliphatic hydroxyl groups is 1. The van der Waals surface area contributed by atoms with Gasteiger partial charge in [-0.3, -0.25) is 19.8 Å². The van der Waals surface area contributed by atoms with Crippen molar-refractivity contribution in [1.29, 1.82) is 5.41 Å². The van der Waals surface area contributed by atoms with Gasteiger partial charge in [0.25, 0.3) is 5.56 Å². The Hall–Kier alpha value is -5.80. The number of hydrogen-bond donors (Lipinski definition) is 7. The molecule has 2 aromatic carbocycles. The van der Waals surface area contributed by atoms with Gasteiger partial charge in [-0.25, -0.2) is 9.78 Å². The molecule has 1 unspecified atom stereocenters. The van der Waals surface area contributed by atoms with Crippen LogP contribution in [0.3, 0.4) is 0 Å². The van der Waals surface area contributed by atoms with Gasteiger partial charge in [0, 0.05) is 34.8 Å². The molecule has 3 atom stereocenters. The van der Waals surface area contributed by atoms with E-state index in [-0.39, 0.29) is 66.1 Å². The van der Waals surface area contributed by atoms with Crippen LogP contribution in [0, 0.1) is 11.3 Å². The number of nitrogens with two attached hydrogens (primary N) is 1. The molecule has 0 spiro atoms. The second-order valence-electron chi connectivity index (χ2n) is 15.6. The van der Waals surface area contributed by atoms with Gasteiger partial charge in [0.05, 0.1) is 35.1 Å². The molecule has 0 bridgehead atoms. The third-order valence-corrected chi connectivity index (χ3v) is 10.8. The lowest BCUT2D eigenvalue weighted by Gasteiger charge is -2.31. The van der Waals surface area contributed by atoms with Gasteiger partial charge in [-0.15, -0.1) is 0 Å². The third kappa shape index (κ3) is 8.55. The lowest BCUT2D eigenvalue weighted by atomic mass is 9.86. The second kappa shape index (κ2) is 17.4. The van der Waals surface area contributed by atoms with Crippen molar-refractivity contribution in [3.05, 3.63) is 86.7 Å². The number of amides is 2. The van der Waals surface area contributed by atoms with Crippen molar-refractivity contribution >= 4 is 40.3 Å². The summed E-state index contributed by atoms with van der Waals surface area (Å²) in [5.74, 6) is -0.876. The molecule has 2 amide bonds. The SMILES string of the molecule is CCc1c2c(nc3ccc(OCc4ccc(NC(=O)C(CCCNC(=N)N)NC(=O)[C@@H](NC(C)C)C(C)C)cc4)cc13)-c1cc3c(c(=O)n1C2)COC(=O)[C@]3(O)CC. The van der Waals surface area contributed by atoms with Crippen molar-refractivity contribution < 1.29 is 29.0 Å². The lowest BCUT2D eigenvalue weighted by Crippen LogP contribution is -2.54. The highest BCUT2D eigenvalue weighted by molar-refractivity contribution is 5.98. The van der Waals surface area contributed by atoms with Crippen molar-refractivity contribution in [2.24, 2.45) is 11.7 Å². The van der Waals surface area contributed by atoms with Gasteiger partial charge in [-0.05, 0) is 79.1 Å². The molecular formula is C43H54N8O7. The molecule has 15 nitrogen and oxygen atoms in total. The van der Waals surface area contributed by atoms with E-state index in [0.29, 0.717) is 55.2 Å². The van der Waals surface area contributed by atoms with Crippen LogP contribution in [0.2, 0.25) is 0 Å². The van der Waals surface area contributed by atoms with Crippen molar-refractivity contribution in [2.75, 3.05) is 11.9 Å². The van der Waals surface area contributed by atoms with Crippen LogP contribution in [0.15, 0.2) is 53.3 Å². The molecule has 2 aliphatic heterocycles. The molecule has 0 saturated carbocycles. The summed E-state index contributed by atoms with van der Waals surface area (Å²) in [6, 6.07) is 13.5. The van der Waals surface area contributed by atoms with Crippen molar-refractivity contribution in [3.63, 3.8) is 0 Å². The summed E-state index contributed by atoms with van der Waals surface area (Å²) in [5.41, 5.74) is 9.12. The fourth-order valence-corrected chi connectivity index (χ4v) is 7.70. The van der Waals surface area contributed by atoms with Gasteiger partial charge in [0.15, 0.2) is 11.6 Å². The topological polar surface area (TPSA) is 223 Å². The maximum atomic E-state index is 13.7. The Morgan fingerprint density at radius 2 is 1.79 bits per heavy atom. The fourth-order valence-electron chi connectivity index (χ4n) is 7.70. The summed E-state index contributed by atoms with van der Waals surface area (Å²) >= 11 is 0. The first-order valence-corrected chi connectivity index (χ1v) is 19.9. The number of ether oxygens (including phenoxy) is 2. The first kappa shape index (κ1) is 41.8. The number of pyridine rings is 2. The summed E-state index contributed by atoms with van der Waals surface area (Å²) < 4.78 is 13.1. The Morgan fingerprint density at radius 1 is 1.05 bits per heavy atom. The van der Waals surface area contributed by atoms with Gasteiger partial charge < -0.3 is 46.1 Å². The first-order valence-electron chi connectivity index (χ1n) is 19.9. The standard InChI is InChI=1S/C43H54N8O7/c1-7-28-29-18-27(15-16-33(29)49-37-30(28)20-51-35(37)19-32-31(40(51)54)22-58-41(55)43(32,56)8-2)57-21-25-11-13-26(14-12-25)48-38(52)34(10-9-17-46-42(44)45)50-39(53)36(23(3)4)47-24(5)6/h11-16,18-19,23-24,34,36,47,56H,7-10,17,20-22H2,1-6H3,(H,48,52)(H,50,53)(H4,44,45,46)/t34?,36-,43-/m0/s1. The summed E-state index contributed by atoms with van der Waals surface area (Å²) in [6.45, 7) is 12.3. The number of carbonyl (C=O) groups is 3. The molecule has 0 radical (unpaired) electrons. The van der Waals surface area contributed by atoms with Crippen LogP contribution >= 0.6 is 0 Å². The van der Waals surface area contributed by atoms with Crippen LogP contribution < -0.4 is 37.3 Å². The number of carbonyl (C=O) groups excluding carboxylic acids is 3. The van der Waals surface area contributed by atoms with Gasteiger partial charge in [0.1, 0.15) is 25.0 Å². The minimum Gasteiger partial charge on any atom is -0.489 e. The van der Waals surface area contributed by atoms with Crippen LogP contribution in [0.5, 0.6) is 5.75 Å². The van der Waals surface area contributed by atoms with E-state index in [9.17, 15) is 24.3 Å². The van der Waals surface area contributed by atoms with E-state index < -0.39 is 23.7 Å². The van der Waals surface area contributed by atoms with Crippen LogP contribution in [-0.4, -0.2) is 63.1 Å². The van der Waals surface area contributed by atoms with Crippen LogP contribution in [0.4, 0.5) is 5.69 Å². The molecule has 308 valence electrons. The summed E-state index contributed by atoms with van der Waals surface area (Å²) in [4.78, 5) is 58.0. The Bertz CT molecular complexity index is 2290. The predicted octanol–water partition coefficient (Wildman–Crippen LogP) is 3.93. The molecule has 2 aliphatic rings. The number of benzene rings is 2. The van der Waals surface area contributed by atoms with E-state index in [1.165, 1.54) is 0 Å². The zero-order valence-electron chi connectivity index (χ0n) is 34.0. The Balaban J connectivity index is 1.15. The van der Waals surface area contributed by atoms with Crippen molar-refractivity contribution in [3.8, 4) is 17.1 Å². The molecule has 4 heterocycles. The minimum absolute atomic E-state index is 0.00712. The highest BCUT2D eigenvalue weighted by Gasteiger charge is 2.45. The molecule has 0 aliphatic carbocycles. The van der Waals surface area contributed by atoms with E-state index >= 15 is 0 Å². The molecule has 0 fully saturated rings. The largest absolute Gasteiger partial charge is 0.489 e. The highest BCUT2D eigenvalue weighted by atomic mass is 16.6. The Labute approximate surface area is 337 Å². The Kier molecular flexibility index (Phi) is 12.5. The average Bonchev–Trinajstić information content (AvgIpc) is 3.56. The van der Waals surface area contributed by atoms with E-state index in [0.717, 1.165) is 27.6 Å². The van der Waals surface area contributed by atoms with Gasteiger partial charge in [0.2, 0.25) is 11.8 Å². The van der Waals surface area contributed by atoms with E-state index in [4.69, 9.17) is 25.6 Å². The number of hydrogen-bond acceptors (Lipinski definition) is 10. The number of anilines is 1. The molecule has 4 aromatic rings. The quantitative estimate of drug-likeness (QED) is 0.0328. The molecule has 58 heavy (non-hydrogen) atoms. The number of cyclic esters (lactones) is 1. The number of aromatic nitrogens is 2. The molecular weight excluding hydrogens is 741 g/mol. The molecule has 8 N–H and O–H groups in total. The third-order valence-electron chi connectivity index (χ3n) is 10.8. The number of nitrogens with one attached hydrogen (secondary N) is 5. The molecule has 0 saturated heterocycles. The van der Waals surface area contributed by atoms with E-state index in [1.807, 2.05) is 58.0 Å². The normalized spacial score (nSPS) is 16.6. The number of esters is 1. The smallest absolute Gasteiger partial charge is 0.343 e. The first-order chi connectivity index (χ1) is 27.6. The number of fused-ring (bicyclic) bond motifs is 5.